The lowest BCUT2D eigenvalue weighted by Gasteiger charge is -2.40. The molecule has 0 spiro atoms. The first-order valence-electron chi connectivity index (χ1n) is 15.9. The van der Waals surface area contributed by atoms with Crippen molar-refractivity contribution in [1.29, 1.82) is 0 Å². The van der Waals surface area contributed by atoms with Crippen LogP contribution in [-0.2, 0) is 25.7 Å². The number of hydrogen-bond donors (Lipinski definition) is 3. The number of amides is 2. The van der Waals surface area contributed by atoms with Gasteiger partial charge in [-0.3, -0.25) is 14.5 Å². The number of hydrogen-bond acceptors (Lipinski definition) is 9. The van der Waals surface area contributed by atoms with Crippen LogP contribution in [0.3, 0.4) is 0 Å². The Hall–Kier alpha value is -3.90. The minimum absolute atomic E-state index is 0.00422. The molecule has 2 aliphatic heterocycles. The number of unbranched alkanes of at least 4 members (excludes halogenated alkanes) is 2. The maximum atomic E-state index is 12.6. The summed E-state index contributed by atoms with van der Waals surface area (Å²) in [5.41, 5.74) is 3.44. The number of carbonyl (C=O) groups excluding carboxylic acids is 2. The summed E-state index contributed by atoms with van der Waals surface area (Å²) in [6.07, 6.45) is 6.29. The maximum Gasteiger partial charge on any atom is 0.225 e. The number of carbonyl (C=O) groups is 2. The molecular weight excluding hydrogens is 572 g/mol. The highest BCUT2D eigenvalue weighted by atomic mass is 16.7. The Labute approximate surface area is 265 Å². The van der Waals surface area contributed by atoms with E-state index < -0.39 is 6.29 Å². The number of nitrogens with one attached hydrogen (secondary N) is 2. The lowest BCUT2D eigenvalue weighted by atomic mass is 9.99. The molecule has 3 aromatic rings. The maximum absolute atomic E-state index is 12.6. The van der Waals surface area contributed by atoms with Gasteiger partial charge in [-0.1, -0.05) is 42.8 Å². The minimum atomic E-state index is -0.601. The van der Waals surface area contributed by atoms with E-state index in [1.165, 1.54) is 6.92 Å². The number of aliphatic hydroxyl groups is 1. The molecule has 11 nitrogen and oxygen atoms in total. The number of ether oxygens (including phenoxy) is 2. The zero-order valence-electron chi connectivity index (χ0n) is 25.9. The predicted octanol–water partition coefficient (Wildman–Crippen LogP) is 3.97. The molecule has 2 saturated heterocycles. The van der Waals surface area contributed by atoms with Gasteiger partial charge in [0.2, 0.25) is 17.8 Å². The minimum Gasteiger partial charge on any atom is -0.392 e. The quantitative estimate of drug-likeness (QED) is 0.244. The van der Waals surface area contributed by atoms with Crippen LogP contribution in [0.15, 0.2) is 67.0 Å². The average Bonchev–Trinajstić information content (AvgIpc) is 3.07. The van der Waals surface area contributed by atoms with E-state index in [4.69, 9.17) is 9.47 Å². The molecule has 2 amide bonds. The van der Waals surface area contributed by atoms with Crippen LogP contribution < -0.4 is 15.5 Å². The molecule has 5 rings (SSSR count). The topological polar surface area (TPSA) is 129 Å². The molecule has 2 aliphatic rings. The Morgan fingerprint density at radius 2 is 1.71 bits per heavy atom. The van der Waals surface area contributed by atoms with E-state index in [-0.39, 0.29) is 30.6 Å². The molecule has 45 heavy (non-hydrogen) atoms. The normalized spacial score (nSPS) is 20.5. The van der Waals surface area contributed by atoms with Crippen LogP contribution in [0.5, 0.6) is 0 Å². The molecule has 2 fully saturated rings. The van der Waals surface area contributed by atoms with Gasteiger partial charge in [0, 0.05) is 82.7 Å². The van der Waals surface area contributed by atoms with Crippen LogP contribution >= 0.6 is 0 Å². The highest BCUT2D eigenvalue weighted by molar-refractivity contribution is 5.90. The van der Waals surface area contributed by atoms with Crippen molar-refractivity contribution in [1.82, 2.24) is 20.2 Å². The first-order chi connectivity index (χ1) is 22.0. The molecule has 0 bridgehead atoms. The SMILES string of the molecule is CC(=O)NCCCCCC(=O)Nc1cccc(C2OC(CN3CCN(c4ncccn4)CC3)CC(c3ccc(CO)cc3)O2)c1. The molecule has 0 aliphatic carbocycles. The van der Waals surface area contributed by atoms with Crippen LogP contribution in [0.4, 0.5) is 11.6 Å². The van der Waals surface area contributed by atoms with E-state index in [2.05, 4.69) is 30.4 Å². The first kappa shape index (κ1) is 32.5. The van der Waals surface area contributed by atoms with Gasteiger partial charge in [0.25, 0.3) is 0 Å². The summed E-state index contributed by atoms with van der Waals surface area (Å²) < 4.78 is 13.1. The second-order valence-corrected chi connectivity index (χ2v) is 11.7. The third kappa shape index (κ3) is 9.79. The van der Waals surface area contributed by atoms with Gasteiger partial charge in [-0.25, -0.2) is 9.97 Å². The summed E-state index contributed by atoms with van der Waals surface area (Å²) in [6.45, 7) is 6.36. The molecule has 240 valence electrons. The van der Waals surface area contributed by atoms with Crippen molar-refractivity contribution in [3.05, 3.63) is 83.7 Å². The first-order valence-corrected chi connectivity index (χ1v) is 15.9. The van der Waals surface area contributed by atoms with E-state index in [0.29, 0.717) is 25.1 Å². The van der Waals surface area contributed by atoms with E-state index in [9.17, 15) is 14.7 Å². The Morgan fingerprint density at radius 1 is 0.933 bits per heavy atom. The highest BCUT2D eigenvalue weighted by Crippen LogP contribution is 2.38. The number of benzene rings is 2. The lowest BCUT2D eigenvalue weighted by molar-refractivity contribution is -0.253. The number of piperazine rings is 1. The molecule has 3 heterocycles. The van der Waals surface area contributed by atoms with Crippen molar-refractivity contribution in [2.24, 2.45) is 0 Å². The molecular formula is C34H44N6O5. The number of rotatable bonds is 13. The van der Waals surface area contributed by atoms with Gasteiger partial charge in [-0.05, 0) is 42.2 Å². The third-order valence-electron chi connectivity index (χ3n) is 8.18. The van der Waals surface area contributed by atoms with Crippen molar-refractivity contribution < 1.29 is 24.2 Å². The molecule has 1 aromatic heterocycles. The molecule has 3 N–H and O–H groups in total. The van der Waals surface area contributed by atoms with Crippen molar-refractivity contribution in [2.75, 3.05) is 49.5 Å². The molecule has 2 aromatic carbocycles. The van der Waals surface area contributed by atoms with E-state index >= 15 is 0 Å². The number of aliphatic hydroxyl groups excluding tert-OH is 1. The fraction of sp³-hybridized carbons (Fsp3) is 0.471. The third-order valence-corrected chi connectivity index (χ3v) is 8.18. The summed E-state index contributed by atoms with van der Waals surface area (Å²) in [5, 5.41) is 15.3. The second kappa shape index (κ2) is 16.4. The Bertz CT molecular complexity index is 1370. The molecule has 11 heteroatoms. The van der Waals surface area contributed by atoms with Crippen molar-refractivity contribution in [2.45, 2.75) is 64.1 Å². The van der Waals surface area contributed by atoms with Crippen LogP contribution in [0.1, 0.15) is 68.1 Å². The smallest absolute Gasteiger partial charge is 0.225 e. The van der Waals surface area contributed by atoms with Crippen LogP contribution in [-0.4, -0.2) is 77.2 Å². The molecule has 3 atom stereocenters. The van der Waals surface area contributed by atoms with Gasteiger partial charge in [0.1, 0.15) is 0 Å². The number of nitrogens with zero attached hydrogens (tertiary/aromatic N) is 4. The zero-order valence-corrected chi connectivity index (χ0v) is 25.9. The summed E-state index contributed by atoms with van der Waals surface area (Å²) >= 11 is 0. The van der Waals surface area contributed by atoms with E-state index in [0.717, 1.165) is 74.6 Å². The van der Waals surface area contributed by atoms with Crippen molar-refractivity contribution in [3.63, 3.8) is 0 Å². The largest absolute Gasteiger partial charge is 0.392 e. The van der Waals surface area contributed by atoms with Crippen LogP contribution in [0.25, 0.3) is 0 Å². The monoisotopic (exact) mass is 616 g/mol. The van der Waals surface area contributed by atoms with E-state index in [1.807, 2.05) is 54.6 Å². The van der Waals surface area contributed by atoms with Gasteiger partial charge in [0.05, 0.1) is 18.8 Å². The predicted molar refractivity (Wildman–Crippen MR) is 171 cm³/mol. The fourth-order valence-corrected chi connectivity index (χ4v) is 5.74. The molecule has 0 saturated carbocycles. The molecule has 0 radical (unpaired) electrons. The van der Waals surface area contributed by atoms with E-state index in [1.54, 1.807) is 12.4 Å². The van der Waals surface area contributed by atoms with Crippen molar-refractivity contribution >= 4 is 23.5 Å². The summed E-state index contributed by atoms with van der Waals surface area (Å²) in [4.78, 5) is 37.1. The van der Waals surface area contributed by atoms with Gasteiger partial charge >= 0.3 is 0 Å². The van der Waals surface area contributed by atoms with Crippen LogP contribution in [0.2, 0.25) is 0 Å². The van der Waals surface area contributed by atoms with Crippen LogP contribution in [0, 0.1) is 0 Å². The highest BCUT2D eigenvalue weighted by Gasteiger charge is 2.34. The average molecular weight is 617 g/mol. The number of aromatic nitrogens is 2. The number of anilines is 2. The summed E-state index contributed by atoms with van der Waals surface area (Å²) in [6, 6.07) is 17.4. The Morgan fingerprint density at radius 3 is 2.44 bits per heavy atom. The van der Waals surface area contributed by atoms with Gasteiger partial charge in [0.15, 0.2) is 6.29 Å². The van der Waals surface area contributed by atoms with Gasteiger partial charge in [-0.2, -0.15) is 0 Å². The summed E-state index contributed by atoms with van der Waals surface area (Å²) in [7, 11) is 0. The summed E-state index contributed by atoms with van der Waals surface area (Å²) in [5.74, 6) is 0.685. The lowest BCUT2D eigenvalue weighted by Crippen LogP contribution is -2.50. The Kier molecular flexibility index (Phi) is 11.9. The second-order valence-electron chi connectivity index (χ2n) is 11.7. The molecule has 3 unspecified atom stereocenters. The fourth-order valence-electron chi connectivity index (χ4n) is 5.74. The Balaban J connectivity index is 1.21. The van der Waals surface area contributed by atoms with Gasteiger partial charge in [-0.15, -0.1) is 0 Å². The standard InChI is InChI=1S/C34H44N6O5/c1-25(42)35-14-4-2-3-9-32(43)38-29-8-5-7-28(21-29)33-44-30(22-31(45-33)27-12-10-26(24-41)11-13-27)23-39-17-19-40(20-18-39)34-36-15-6-16-37-34/h5-8,10-13,15-16,21,30-31,33,41H,2-4,9,14,17-20,22-24H2,1H3,(H,35,42)(H,38,43). The van der Waals surface area contributed by atoms with Crippen molar-refractivity contribution in [3.8, 4) is 0 Å². The zero-order chi connectivity index (χ0) is 31.4. The van der Waals surface area contributed by atoms with Gasteiger partial charge < -0.3 is 30.1 Å².